The van der Waals surface area contributed by atoms with Crippen LogP contribution in [0.25, 0.3) is 0 Å². The number of para-hydroxylation sites is 1. The molecule has 1 unspecified atom stereocenters. The van der Waals surface area contributed by atoms with Crippen molar-refractivity contribution in [3.05, 3.63) is 29.3 Å². The summed E-state index contributed by atoms with van der Waals surface area (Å²) in [5.41, 5.74) is 5.64. The van der Waals surface area contributed by atoms with Crippen LogP contribution in [0.15, 0.2) is 24.3 Å². The van der Waals surface area contributed by atoms with Gasteiger partial charge in [0.05, 0.1) is 17.6 Å². The zero-order valence-electron chi connectivity index (χ0n) is 11.0. The lowest BCUT2D eigenvalue weighted by Crippen LogP contribution is -2.49. The quantitative estimate of drug-likeness (QED) is 0.923. The summed E-state index contributed by atoms with van der Waals surface area (Å²) in [7, 11) is 0. The van der Waals surface area contributed by atoms with E-state index in [1.165, 1.54) is 0 Å². The van der Waals surface area contributed by atoms with E-state index >= 15 is 0 Å². The summed E-state index contributed by atoms with van der Waals surface area (Å²) < 4.78 is 5.88. The summed E-state index contributed by atoms with van der Waals surface area (Å²) in [6, 6.07) is 6.93. The second kappa shape index (κ2) is 6.26. The highest BCUT2D eigenvalue weighted by Gasteiger charge is 2.26. The molecule has 1 fully saturated rings. The summed E-state index contributed by atoms with van der Waals surface area (Å²) in [5.74, 6) is 0.650. The number of amides is 1. The lowest BCUT2D eigenvalue weighted by atomic mass is 10.1. The Balaban J connectivity index is 1.98. The number of nitrogens with two attached hydrogens (primary N) is 1. The minimum atomic E-state index is -0.459. The van der Waals surface area contributed by atoms with Gasteiger partial charge in [-0.3, -0.25) is 4.79 Å². The number of halogens is 1. The van der Waals surface area contributed by atoms with E-state index < -0.39 is 6.04 Å². The minimum absolute atomic E-state index is 0.0173. The van der Waals surface area contributed by atoms with Gasteiger partial charge in [0.1, 0.15) is 11.9 Å². The lowest BCUT2D eigenvalue weighted by Gasteiger charge is -2.34. The fourth-order valence-corrected chi connectivity index (χ4v) is 2.42. The van der Waals surface area contributed by atoms with Gasteiger partial charge in [0.15, 0.2) is 0 Å². The molecule has 5 heteroatoms. The zero-order chi connectivity index (χ0) is 13.8. The van der Waals surface area contributed by atoms with Gasteiger partial charge in [-0.25, -0.2) is 0 Å². The van der Waals surface area contributed by atoms with Crippen LogP contribution in [0.1, 0.15) is 19.8 Å². The Morgan fingerprint density at radius 2 is 2.26 bits per heavy atom. The minimum Gasteiger partial charge on any atom is -0.487 e. The number of rotatable bonds is 3. The monoisotopic (exact) mass is 282 g/mol. The molecule has 0 radical (unpaired) electrons. The van der Waals surface area contributed by atoms with Crippen molar-refractivity contribution < 1.29 is 9.53 Å². The van der Waals surface area contributed by atoms with Crippen molar-refractivity contribution in [2.75, 3.05) is 13.1 Å². The van der Waals surface area contributed by atoms with Gasteiger partial charge in [-0.05, 0) is 31.9 Å². The first kappa shape index (κ1) is 14.2. The van der Waals surface area contributed by atoms with Crippen molar-refractivity contribution in [3.8, 4) is 5.75 Å². The Kier molecular flexibility index (Phi) is 4.66. The Morgan fingerprint density at radius 3 is 2.95 bits per heavy atom. The van der Waals surface area contributed by atoms with E-state index in [-0.39, 0.29) is 12.0 Å². The smallest absolute Gasteiger partial charge is 0.239 e. The number of hydrogen-bond acceptors (Lipinski definition) is 3. The molecule has 0 aliphatic carbocycles. The Hall–Kier alpha value is -1.26. The van der Waals surface area contributed by atoms with E-state index in [0.717, 1.165) is 19.4 Å². The number of piperidine rings is 1. The molecule has 0 bridgehead atoms. The van der Waals surface area contributed by atoms with Gasteiger partial charge >= 0.3 is 0 Å². The summed E-state index contributed by atoms with van der Waals surface area (Å²) >= 11 is 6.07. The Bertz CT molecular complexity index is 451. The molecule has 0 spiro atoms. The molecule has 1 aromatic carbocycles. The van der Waals surface area contributed by atoms with Crippen molar-refractivity contribution in [2.45, 2.75) is 31.9 Å². The van der Waals surface area contributed by atoms with Gasteiger partial charge in [0.2, 0.25) is 5.91 Å². The lowest BCUT2D eigenvalue weighted by molar-refractivity contribution is -0.134. The molecule has 1 aromatic rings. The number of benzene rings is 1. The van der Waals surface area contributed by atoms with Crippen LogP contribution in [0, 0.1) is 0 Å². The highest BCUT2D eigenvalue weighted by atomic mass is 35.5. The maximum atomic E-state index is 11.9. The fourth-order valence-electron chi connectivity index (χ4n) is 2.24. The molecular formula is C14H19ClN2O2. The van der Waals surface area contributed by atoms with Crippen LogP contribution in [0.5, 0.6) is 5.75 Å². The normalized spacial score (nSPS) is 21.0. The predicted molar refractivity (Wildman–Crippen MR) is 75.3 cm³/mol. The van der Waals surface area contributed by atoms with E-state index in [4.69, 9.17) is 22.1 Å². The van der Waals surface area contributed by atoms with Crippen LogP contribution in [-0.2, 0) is 4.79 Å². The molecule has 0 saturated carbocycles. The average Bonchev–Trinajstić information content (AvgIpc) is 2.41. The molecule has 2 atom stereocenters. The summed E-state index contributed by atoms with van der Waals surface area (Å²) in [4.78, 5) is 13.7. The standard InChI is InChI=1S/C14H19ClN2O2/c1-10(16)14(18)17-8-4-5-11(9-17)19-13-7-3-2-6-12(13)15/h2-3,6-7,10-11H,4-5,8-9,16H2,1H3/t10-,11?/m1/s1. The third-order valence-electron chi connectivity index (χ3n) is 3.21. The molecule has 4 nitrogen and oxygen atoms in total. The Morgan fingerprint density at radius 1 is 1.53 bits per heavy atom. The third kappa shape index (κ3) is 3.61. The molecule has 1 saturated heterocycles. The molecule has 1 amide bonds. The second-order valence-corrected chi connectivity index (χ2v) is 5.29. The van der Waals surface area contributed by atoms with Crippen LogP contribution in [0.4, 0.5) is 0 Å². The predicted octanol–water partition coefficient (Wildman–Crippen LogP) is 2.06. The zero-order valence-corrected chi connectivity index (χ0v) is 11.8. The van der Waals surface area contributed by atoms with Gasteiger partial charge in [0.25, 0.3) is 0 Å². The first-order chi connectivity index (χ1) is 9.08. The highest BCUT2D eigenvalue weighted by Crippen LogP contribution is 2.26. The summed E-state index contributed by atoms with van der Waals surface area (Å²) in [6.07, 6.45) is 1.83. The van der Waals surface area contributed by atoms with E-state index in [0.29, 0.717) is 17.3 Å². The van der Waals surface area contributed by atoms with Gasteiger partial charge in [-0.15, -0.1) is 0 Å². The van der Waals surface area contributed by atoms with E-state index in [9.17, 15) is 4.79 Å². The van der Waals surface area contributed by atoms with Gasteiger partial charge < -0.3 is 15.4 Å². The number of likely N-dealkylation sites (tertiary alicyclic amines) is 1. The van der Waals surface area contributed by atoms with Crippen LogP contribution in [-0.4, -0.2) is 36.0 Å². The maximum Gasteiger partial charge on any atom is 0.239 e. The number of carbonyl (C=O) groups excluding carboxylic acids is 1. The maximum absolute atomic E-state index is 11.9. The third-order valence-corrected chi connectivity index (χ3v) is 3.52. The number of hydrogen-bond donors (Lipinski definition) is 1. The molecule has 19 heavy (non-hydrogen) atoms. The van der Waals surface area contributed by atoms with Crippen LogP contribution >= 0.6 is 11.6 Å². The van der Waals surface area contributed by atoms with Crippen LogP contribution in [0.2, 0.25) is 5.02 Å². The van der Waals surface area contributed by atoms with E-state index in [1.54, 1.807) is 17.9 Å². The van der Waals surface area contributed by atoms with Crippen LogP contribution < -0.4 is 10.5 Å². The molecule has 1 aliphatic heterocycles. The molecule has 0 aromatic heterocycles. The number of carbonyl (C=O) groups is 1. The summed E-state index contributed by atoms with van der Waals surface area (Å²) in [6.45, 7) is 3.04. The number of ether oxygens (including phenoxy) is 1. The fraction of sp³-hybridized carbons (Fsp3) is 0.500. The molecule has 2 rings (SSSR count). The van der Waals surface area contributed by atoms with Gasteiger partial charge in [-0.2, -0.15) is 0 Å². The number of nitrogens with zero attached hydrogens (tertiary/aromatic N) is 1. The molecule has 1 aliphatic rings. The first-order valence-corrected chi connectivity index (χ1v) is 6.91. The second-order valence-electron chi connectivity index (χ2n) is 4.89. The van der Waals surface area contributed by atoms with Crippen molar-refractivity contribution in [1.82, 2.24) is 4.90 Å². The summed E-state index contributed by atoms with van der Waals surface area (Å²) in [5, 5.41) is 0.596. The van der Waals surface area contributed by atoms with E-state index in [2.05, 4.69) is 0 Å². The molecule has 104 valence electrons. The van der Waals surface area contributed by atoms with Crippen LogP contribution in [0.3, 0.4) is 0 Å². The van der Waals surface area contributed by atoms with Crippen molar-refractivity contribution in [3.63, 3.8) is 0 Å². The SMILES string of the molecule is C[C@@H](N)C(=O)N1CCCC(Oc2ccccc2Cl)C1. The van der Waals surface area contributed by atoms with Crippen molar-refractivity contribution >= 4 is 17.5 Å². The molecule has 1 heterocycles. The first-order valence-electron chi connectivity index (χ1n) is 6.53. The Labute approximate surface area is 118 Å². The molecule has 2 N–H and O–H groups in total. The van der Waals surface area contributed by atoms with Crippen molar-refractivity contribution in [2.24, 2.45) is 5.73 Å². The largest absolute Gasteiger partial charge is 0.487 e. The van der Waals surface area contributed by atoms with Gasteiger partial charge in [0, 0.05) is 6.54 Å². The average molecular weight is 283 g/mol. The van der Waals surface area contributed by atoms with Gasteiger partial charge in [-0.1, -0.05) is 23.7 Å². The topological polar surface area (TPSA) is 55.6 Å². The van der Waals surface area contributed by atoms with Crippen molar-refractivity contribution in [1.29, 1.82) is 0 Å². The highest BCUT2D eigenvalue weighted by molar-refractivity contribution is 6.32. The van der Waals surface area contributed by atoms with E-state index in [1.807, 2.05) is 18.2 Å². The molecular weight excluding hydrogens is 264 g/mol.